The number of hydrogen-bond acceptors (Lipinski definition) is 3. The Bertz CT molecular complexity index is 869. The minimum absolute atomic E-state index is 0.183. The van der Waals surface area contributed by atoms with E-state index in [1.807, 2.05) is 24.3 Å². The molecule has 5 atom stereocenters. The van der Waals surface area contributed by atoms with Crippen LogP contribution in [0.1, 0.15) is 42.3 Å². The van der Waals surface area contributed by atoms with Crippen molar-refractivity contribution in [1.82, 2.24) is 0 Å². The van der Waals surface area contributed by atoms with Gasteiger partial charge in [0.1, 0.15) is 0 Å². The molecule has 4 nitrogen and oxygen atoms in total. The van der Waals surface area contributed by atoms with Crippen LogP contribution < -0.4 is 5.32 Å². The van der Waals surface area contributed by atoms with Crippen LogP contribution in [0.25, 0.3) is 0 Å². The number of nitrogens with one attached hydrogen (secondary N) is 1. The van der Waals surface area contributed by atoms with E-state index in [1.54, 1.807) is 12.1 Å². The molecular weight excluding hydrogens is 336 g/mol. The molecule has 0 radical (unpaired) electrons. The largest absolute Gasteiger partial charge is 0.378 e. The molecule has 0 unspecified atom stereocenters. The summed E-state index contributed by atoms with van der Waals surface area (Å²) in [6.45, 7) is 0. The van der Waals surface area contributed by atoms with Crippen LogP contribution in [0.5, 0.6) is 0 Å². The second kappa shape index (κ2) is 5.46. The molecule has 5 rings (SSSR count). The van der Waals surface area contributed by atoms with Crippen molar-refractivity contribution in [3.05, 3.63) is 68.7 Å². The Hall–Kier alpha value is -2.07. The van der Waals surface area contributed by atoms with Crippen LogP contribution in [0.3, 0.4) is 0 Å². The van der Waals surface area contributed by atoms with Gasteiger partial charge in [0.05, 0.1) is 11.0 Å². The molecule has 1 N–H and O–H groups in total. The van der Waals surface area contributed by atoms with Crippen molar-refractivity contribution in [3.63, 3.8) is 0 Å². The number of non-ortho nitro benzene ring substituents is 1. The van der Waals surface area contributed by atoms with Crippen molar-refractivity contribution >= 4 is 23.0 Å². The molecule has 5 heteroatoms. The fraction of sp³-hybridized carbons (Fsp3) is 0.400. The smallest absolute Gasteiger partial charge is 0.269 e. The van der Waals surface area contributed by atoms with E-state index in [0.717, 1.165) is 21.8 Å². The summed E-state index contributed by atoms with van der Waals surface area (Å²) in [5.74, 6) is 2.18. The molecule has 2 aliphatic carbocycles. The highest BCUT2D eigenvalue weighted by molar-refractivity contribution is 6.31. The Morgan fingerprint density at radius 3 is 2.68 bits per heavy atom. The van der Waals surface area contributed by atoms with Crippen LogP contribution in [0.15, 0.2) is 42.5 Å². The van der Waals surface area contributed by atoms with Crippen LogP contribution in [0.2, 0.25) is 5.02 Å². The molecular formula is C20H19ClN2O2. The van der Waals surface area contributed by atoms with E-state index in [1.165, 1.54) is 19.3 Å². The second-order valence-electron chi connectivity index (χ2n) is 7.61. The zero-order chi connectivity index (χ0) is 17.1. The Morgan fingerprint density at radius 2 is 1.88 bits per heavy atom. The standard InChI is InChI=1S/C20H19ClN2O2/c21-16-4-2-1-3-14(16)20-19-12-6-5-11(9-12)18(19)15-10-13(23(24)25)7-8-17(15)22-20/h1-4,7-8,10-12,18-20,22H,5-6,9H2/t11-,12+,18-,19+,20-/m1/s1. The van der Waals surface area contributed by atoms with Crippen LogP contribution in [0, 0.1) is 27.9 Å². The van der Waals surface area contributed by atoms with E-state index in [0.29, 0.717) is 23.7 Å². The number of nitro groups is 1. The summed E-state index contributed by atoms with van der Waals surface area (Å²) in [7, 11) is 0. The minimum atomic E-state index is -0.289. The fourth-order valence-electron chi connectivity index (χ4n) is 5.62. The molecule has 25 heavy (non-hydrogen) atoms. The Labute approximate surface area is 151 Å². The van der Waals surface area contributed by atoms with Crippen molar-refractivity contribution in [2.24, 2.45) is 17.8 Å². The molecule has 1 aliphatic heterocycles. The van der Waals surface area contributed by atoms with Crippen LogP contribution in [0.4, 0.5) is 11.4 Å². The predicted molar refractivity (Wildman–Crippen MR) is 98.0 cm³/mol. The maximum absolute atomic E-state index is 11.2. The summed E-state index contributed by atoms with van der Waals surface area (Å²) in [5.41, 5.74) is 3.51. The van der Waals surface area contributed by atoms with Gasteiger partial charge in [-0.3, -0.25) is 10.1 Å². The summed E-state index contributed by atoms with van der Waals surface area (Å²) in [5, 5.41) is 15.7. The van der Waals surface area contributed by atoms with E-state index < -0.39 is 0 Å². The highest BCUT2D eigenvalue weighted by Gasteiger charge is 2.54. The first-order valence-corrected chi connectivity index (χ1v) is 9.30. The lowest BCUT2D eigenvalue weighted by Gasteiger charge is -2.43. The zero-order valence-electron chi connectivity index (χ0n) is 13.7. The van der Waals surface area contributed by atoms with Gasteiger partial charge >= 0.3 is 0 Å². The number of nitro benzene ring substituents is 1. The first kappa shape index (κ1) is 15.2. The van der Waals surface area contributed by atoms with Crippen LogP contribution >= 0.6 is 11.6 Å². The van der Waals surface area contributed by atoms with Crippen molar-refractivity contribution in [1.29, 1.82) is 0 Å². The lowest BCUT2D eigenvalue weighted by atomic mass is 9.68. The third-order valence-corrected chi connectivity index (χ3v) is 6.87. The van der Waals surface area contributed by atoms with Gasteiger partial charge in [-0.15, -0.1) is 0 Å². The number of rotatable bonds is 2. The van der Waals surface area contributed by atoms with Crippen LogP contribution in [-0.2, 0) is 0 Å². The lowest BCUT2D eigenvalue weighted by Crippen LogP contribution is -2.35. The molecule has 0 saturated heterocycles. The van der Waals surface area contributed by atoms with Gasteiger partial charge in [0, 0.05) is 22.8 Å². The number of hydrogen-bond donors (Lipinski definition) is 1. The molecule has 0 aromatic heterocycles. The SMILES string of the molecule is O=[N+]([O-])c1ccc2c(c1)[C@H]1[C@@H]3CC[C@@H](C3)[C@@H]1[C@@H](c1ccccc1Cl)N2. The number of fused-ring (bicyclic) bond motifs is 7. The number of halogens is 1. The molecule has 2 aromatic carbocycles. The molecule has 1 heterocycles. The molecule has 0 spiro atoms. The van der Waals surface area contributed by atoms with Crippen molar-refractivity contribution < 1.29 is 4.92 Å². The second-order valence-corrected chi connectivity index (χ2v) is 8.02. The molecule has 128 valence electrons. The van der Waals surface area contributed by atoms with E-state index in [2.05, 4.69) is 11.4 Å². The van der Waals surface area contributed by atoms with Crippen LogP contribution in [-0.4, -0.2) is 4.92 Å². The van der Waals surface area contributed by atoms with Gasteiger partial charge in [0.2, 0.25) is 0 Å². The normalized spacial score (nSPS) is 32.0. The van der Waals surface area contributed by atoms with E-state index in [4.69, 9.17) is 11.6 Å². The van der Waals surface area contributed by atoms with Gasteiger partial charge in [-0.25, -0.2) is 0 Å². The number of benzene rings is 2. The van der Waals surface area contributed by atoms with Crippen molar-refractivity contribution in [3.8, 4) is 0 Å². The average Bonchev–Trinajstić information content (AvgIpc) is 3.23. The Balaban J connectivity index is 1.65. The third kappa shape index (κ3) is 2.20. The Morgan fingerprint density at radius 1 is 1.08 bits per heavy atom. The van der Waals surface area contributed by atoms with Crippen molar-refractivity contribution in [2.45, 2.75) is 31.2 Å². The molecule has 2 bridgehead atoms. The van der Waals surface area contributed by atoms with Gasteiger partial charge in [-0.1, -0.05) is 29.8 Å². The van der Waals surface area contributed by atoms with E-state index in [-0.39, 0.29) is 16.7 Å². The maximum Gasteiger partial charge on any atom is 0.269 e. The molecule has 2 fully saturated rings. The third-order valence-electron chi connectivity index (χ3n) is 6.52. The van der Waals surface area contributed by atoms with E-state index in [9.17, 15) is 10.1 Å². The summed E-state index contributed by atoms with van der Waals surface area (Å²) in [6, 6.07) is 13.5. The van der Waals surface area contributed by atoms with Gasteiger partial charge in [0.25, 0.3) is 5.69 Å². The van der Waals surface area contributed by atoms with Gasteiger partial charge in [-0.2, -0.15) is 0 Å². The number of nitrogens with zero attached hydrogens (tertiary/aromatic N) is 1. The van der Waals surface area contributed by atoms with Gasteiger partial charge in [-0.05, 0) is 66.2 Å². The maximum atomic E-state index is 11.2. The topological polar surface area (TPSA) is 55.2 Å². The molecule has 2 aromatic rings. The minimum Gasteiger partial charge on any atom is -0.378 e. The predicted octanol–water partition coefficient (Wildman–Crippen LogP) is 5.54. The summed E-state index contributed by atoms with van der Waals surface area (Å²) in [6.07, 6.45) is 3.74. The average molecular weight is 355 g/mol. The van der Waals surface area contributed by atoms with Crippen molar-refractivity contribution in [2.75, 3.05) is 5.32 Å². The lowest BCUT2D eigenvalue weighted by molar-refractivity contribution is -0.384. The summed E-state index contributed by atoms with van der Waals surface area (Å²) >= 11 is 6.51. The first-order valence-electron chi connectivity index (χ1n) is 8.93. The van der Waals surface area contributed by atoms with Gasteiger partial charge in [0.15, 0.2) is 0 Å². The summed E-state index contributed by atoms with van der Waals surface area (Å²) in [4.78, 5) is 10.9. The highest BCUT2D eigenvalue weighted by Crippen LogP contribution is 2.64. The van der Waals surface area contributed by atoms with Gasteiger partial charge < -0.3 is 5.32 Å². The van der Waals surface area contributed by atoms with E-state index >= 15 is 0 Å². The highest BCUT2D eigenvalue weighted by atomic mass is 35.5. The quantitative estimate of drug-likeness (QED) is 0.568. The number of anilines is 1. The zero-order valence-corrected chi connectivity index (χ0v) is 14.4. The fourth-order valence-corrected chi connectivity index (χ4v) is 5.88. The summed E-state index contributed by atoms with van der Waals surface area (Å²) < 4.78 is 0. The Kier molecular flexibility index (Phi) is 3.32. The monoisotopic (exact) mass is 354 g/mol. The molecule has 0 amide bonds. The molecule has 3 aliphatic rings. The molecule has 2 saturated carbocycles. The first-order chi connectivity index (χ1) is 12.1.